The Kier molecular flexibility index (Phi) is 4.12. The van der Waals surface area contributed by atoms with Gasteiger partial charge in [0.25, 0.3) is 0 Å². The third-order valence-electron chi connectivity index (χ3n) is 2.56. The molecule has 0 radical (unpaired) electrons. The van der Waals surface area contributed by atoms with Gasteiger partial charge in [0.1, 0.15) is 6.29 Å². The largest absolute Gasteiger partial charge is 0.303 e. The molecular weight excluding hydrogens is 228 g/mol. The Morgan fingerprint density at radius 2 is 1.88 bits per heavy atom. The molecule has 0 aromatic carbocycles. The van der Waals surface area contributed by atoms with Crippen molar-refractivity contribution in [2.75, 3.05) is 0 Å². The molecule has 1 heterocycles. The zero-order valence-electron chi connectivity index (χ0n) is 9.20. The third kappa shape index (κ3) is 2.63. The second kappa shape index (κ2) is 5.16. The third-order valence-corrected chi connectivity index (χ3v) is 4.72. The van der Waals surface area contributed by atoms with Gasteiger partial charge in [-0.05, 0) is 18.9 Å². The van der Waals surface area contributed by atoms with Crippen LogP contribution < -0.4 is 0 Å². The van der Waals surface area contributed by atoms with E-state index in [4.69, 9.17) is 0 Å². The van der Waals surface area contributed by atoms with Gasteiger partial charge in [-0.25, -0.2) is 18.4 Å². The van der Waals surface area contributed by atoms with Crippen molar-refractivity contribution in [2.45, 2.75) is 30.7 Å². The highest BCUT2D eigenvalue weighted by Gasteiger charge is 2.30. The lowest BCUT2D eigenvalue weighted by Gasteiger charge is -2.16. The van der Waals surface area contributed by atoms with Gasteiger partial charge in [0.2, 0.25) is 15.0 Å². The Balaban J connectivity index is 2.99. The summed E-state index contributed by atoms with van der Waals surface area (Å²) in [5, 5.41) is -0.847. The lowest BCUT2D eigenvalue weighted by Crippen LogP contribution is -2.27. The molecular formula is C10H14N2O3S. The van der Waals surface area contributed by atoms with Crippen LogP contribution in [0.5, 0.6) is 0 Å². The minimum absolute atomic E-state index is 0.180. The van der Waals surface area contributed by atoms with Crippen molar-refractivity contribution in [3.63, 3.8) is 0 Å². The van der Waals surface area contributed by atoms with Gasteiger partial charge in [0, 0.05) is 18.8 Å². The molecule has 0 saturated heterocycles. The zero-order valence-corrected chi connectivity index (χ0v) is 10.0. The van der Waals surface area contributed by atoms with E-state index in [1.165, 1.54) is 12.4 Å². The minimum atomic E-state index is -3.54. The van der Waals surface area contributed by atoms with Crippen LogP contribution in [0.3, 0.4) is 0 Å². The van der Waals surface area contributed by atoms with Crippen molar-refractivity contribution < 1.29 is 13.2 Å². The maximum Gasteiger partial charge on any atom is 0.247 e. The molecule has 88 valence electrons. The van der Waals surface area contributed by atoms with E-state index in [0.29, 0.717) is 0 Å². The van der Waals surface area contributed by atoms with Crippen LogP contribution in [0.1, 0.15) is 20.3 Å². The van der Waals surface area contributed by atoms with Crippen LogP contribution in [0.2, 0.25) is 0 Å². The van der Waals surface area contributed by atoms with Gasteiger partial charge in [-0.15, -0.1) is 0 Å². The highest BCUT2D eigenvalue weighted by Crippen LogP contribution is 2.19. The summed E-state index contributed by atoms with van der Waals surface area (Å²) >= 11 is 0. The lowest BCUT2D eigenvalue weighted by molar-refractivity contribution is -0.108. The molecule has 5 nitrogen and oxygen atoms in total. The minimum Gasteiger partial charge on any atom is -0.303 e. The van der Waals surface area contributed by atoms with Gasteiger partial charge in [-0.2, -0.15) is 0 Å². The second-order valence-electron chi connectivity index (χ2n) is 3.66. The van der Waals surface area contributed by atoms with E-state index in [1.807, 2.05) is 0 Å². The Morgan fingerprint density at radius 1 is 1.31 bits per heavy atom. The highest BCUT2D eigenvalue weighted by atomic mass is 32.2. The Hall–Kier alpha value is -1.30. The predicted octanol–water partition coefficient (Wildman–Crippen LogP) is 0.864. The van der Waals surface area contributed by atoms with E-state index in [9.17, 15) is 13.2 Å². The number of aldehydes is 1. The van der Waals surface area contributed by atoms with Gasteiger partial charge in [-0.3, -0.25) is 0 Å². The average Bonchev–Trinajstić information content (AvgIpc) is 2.29. The summed E-state index contributed by atoms with van der Waals surface area (Å²) in [6.07, 6.45) is 3.71. The van der Waals surface area contributed by atoms with Gasteiger partial charge >= 0.3 is 0 Å². The molecule has 0 fully saturated rings. The predicted molar refractivity (Wildman–Crippen MR) is 58.5 cm³/mol. The summed E-state index contributed by atoms with van der Waals surface area (Å²) in [5.74, 6) is -0.244. The molecule has 1 aromatic heterocycles. The van der Waals surface area contributed by atoms with Crippen molar-refractivity contribution in [1.82, 2.24) is 9.97 Å². The van der Waals surface area contributed by atoms with Gasteiger partial charge in [0.15, 0.2) is 0 Å². The summed E-state index contributed by atoms with van der Waals surface area (Å²) < 4.78 is 24.0. The molecule has 2 atom stereocenters. The van der Waals surface area contributed by atoms with E-state index in [2.05, 4.69) is 9.97 Å². The van der Waals surface area contributed by atoms with Crippen molar-refractivity contribution in [2.24, 2.45) is 5.92 Å². The highest BCUT2D eigenvalue weighted by molar-refractivity contribution is 7.91. The number of carbonyl (C=O) groups is 1. The summed E-state index contributed by atoms with van der Waals surface area (Å²) in [6, 6.07) is 1.55. The summed E-state index contributed by atoms with van der Waals surface area (Å²) in [4.78, 5) is 17.8. The summed E-state index contributed by atoms with van der Waals surface area (Å²) in [6.45, 7) is 3.29. The number of nitrogens with zero attached hydrogens (tertiary/aromatic N) is 2. The maximum atomic E-state index is 12.0. The first-order chi connectivity index (χ1) is 7.50. The normalized spacial score (nSPS) is 15.4. The van der Waals surface area contributed by atoms with Gasteiger partial charge < -0.3 is 4.79 Å². The van der Waals surface area contributed by atoms with Crippen molar-refractivity contribution in [3.8, 4) is 0 Å². The molecule has 1 aromatic rings. The average molecular weight is 242 g/mol. The quantitative estimate of drug-likeness (QED) is 0.565. The summed E-state index contributed by atoms with van der Waals surface area (Å²) in [5.41, 5.74) is 0. The van der Waals surface area contributed by atoms with Crippen molar-refractivity contribution in [1.29, 1.82) is 0 Å². The molecule has 0 bridgehead atoms. The van der Waals surface area contributed by atoms with Crippen LogP contribution in [0.15, 0.2) is 23.6 Å². The molecule has 0 aliphatic rings. The molecule has 0 saturated carbocycles. The number of aromatic nitrogens is 2. The van der Waals surface area contributed by atoms with E-state index in [-0.39, 0.29) is 17.5 Å². The van der Waals surface area contributed by atoms with Crippen molar-refractivity contribution >= 4 is 16.1 Å². The van der Waals surface area contributed by atoms with Gasteiger partial charge in [-0.1, -0.05) is 6.92 Å². The molecule has 6 heteroatoms. The molecule has 16 heavy (non-hydrogen) atoms. The molecule has 0 spiro atoms. The number of rotatable bonds is 5. The van der Waals surface area contributed by atoms with Crippen LogP contribution in [0, 0.1) is 5.92 Å². The fourth-order valence-electron chi connectivity index (χ4n) is 1.25. The first-order valence-electron chi connectivity index (χ1n) is 4.94. The molecule has 0 unspecified atom stereocenters. The number of hydrogen-bond acceptors (Lipinski definition) is 5. The van der Waals surface area contributed by atoms with Gasteiger partial charge in [0.05, 0.1) is 5.25 Å². The summed E-state index contributed by atoms with van der Waals surface area (Å²) in [7, 11) is -3.54. The monoisotopic (exact) mass is 242 g/mol. The SMILES string of the molecule is C[C@H]([C@@H](C)CC=O)S(=O)(=O)c1ncccn1. The zero-order chi connectivity index (χ0) is 12.2. The number of sulfone groups is 1. The Morgan fingerprint density at radius 3 is 2.38 bits per heavy atom. The lowest BCUT2D eigenvalue weighted by atomic mass is 10.1. The maximum absolute atomic E-state index is 12.0. The first kappa shape index (κ1) is 12.8. The van der Waals surface area contributed by atoms with Crippen LogP contribution >= 0.6 is 0 Å². The van der Waals surface area contributed by atoms with Crippen LogP contribution in [0.4, 0.5) is 0 Å². The second-order valence-corrected chi connectivity index (χ2v) is 5.86. The van der Waals surface area contributed by atoms with E-state index < -0.39 is 15.1 Å². The molecule has 0 aliphatic carbocycles. The standard InChI is InChI=1S/C10H14N2O3S/c1-8(4-7-13)9(2)16(14,15)10-11-5-3-6-12-10/h3,5-9H,4H2,1-2H3/t8-,9+/m0/s1. The topological polar surface area (TPSA) is 77.0 Å². The number of carbonyl (C=O) groups excluding carboxylic acids is 1. The molecule has 0 N–H and O–H groups in total. The smallest absolute Gasteiger partial charge is 0.247 e. The van der Waals surface area contributed by atoms with Crippen LogP contribution in [-0.4, -0.2) is 29.9 Å². The fourth-order valence-corrected chi connectivity index (χ4v) is 2.72. The molecule has 0 amide bonds. The van der Waals surface area contributed by atoms with E-state index >= 15 is 0 Å². The molecule has 1 rings (SSSR count). The number of hydrogen-bond donors (Lipinski definition) is 0. The van der Waals surface area contributed by atoms with Crippen LogP contribution in [-0.2, 0) is 14.6 Å². The van der Waals surface area contributed by atoms with Crippen molar-refractivity contribution in [3.05, 3.63) is 18.5 Å². The van der Waals surface area contributed by atoms with E-state index in [1.54, 1.807) is 19.9 Å². The first-order valence-corrected chi connectivity index (χ1v) is 6.49. The Labute approximate surface area is 94.8 Å². The fraction of sp³-hybridized carbons (Fsp3) is 0.500. The Bertz CT molecular complexity index is 444. The van der Waals surface area contributed by atoms with Crippen LogP contribution in [0.25, 0.3) is 0 Å². The van der Waals surface area contributed by atoms with E-state index in [0.717, 1.165) is 6.29 Å². The molecule has 0 aliphatic heterocycles.